The van der Waals surface area contributed by atoms with Gasteiger partial charge in [0, 0.05) is 70.0 Å². The molecule has 8 aliphatic carbocycles. The largest absolute Gasteiger partial charge is 0.357 e. The number of allylic oxidation sites excluding steroid dienone is 25. The van der Waals surface area contributed by atoms with E-state index >= 15 is 0 Å². The van der Waals surface area contributed by atoms with Gasteiger partial charge in [-0.1, -0.05) is 188 Å². The Bertz CT molecular complexity index is 2930. The number of hydrogen-bond donors (Lipinski definition) is 0. The van der Waals surface area contributed by atoms with Crippen LogP contribution in [0, 0.1) is 23.7 Å². The van der Waals surface area contributed by atoms with E-state index in [1.165, 1.54) is 62.1 Å². The molecule has 1 saturated heterocycles. The number of fused-ring (bicyclic) bond motifs is 3. The van der Waals surface area contributed by atoms with Crippen LogP contribution in [-0.4, -0.2) is 17.0 Å². The molecule has 3 heteroatoms. The number of para-hydroxylation sites is 1. The van der Waals surface area contributed by atoms with E-state index in [9.17, 15) is 0 Å². The molecule has 9 aliphatic rings. The van der Waals surface area contributed by atoms with Crippen LogP contribution < -0.4 is 9.80 Å². The highest BCUT2D eigenvalue weighted by atomic mass is 15.2. The Balaban J connectivity index is 0.815. The van der Waals surface area contributed by atoms with Crippen LogP contribution in [0.2, 0.25) is 0 Å². The quantitative estimate of drug-likeness (QED) is 0.190. The number of rotatable bonds is 11. The van der Waals surface area contributed by atoms with E-state index in [0.29, 0.717) is 41.5 Å². The second kappa shape index (κ2) is 19.5. The average molecular weight is 898 g/mol. The summed E-state index contributed by atoms with van der Waals surface area (Å²) in [5.41, 5.74) is 14.9. The summed E-state index contributed by atoms with van der Waals surface area (Å²) >= 11 is 0. The van der Waals surface area contributed by atoms with Crippen molar-refractivity contribution in [3.63, 3.8) is 0 Å². The van der Waals surface area contributed by atoms with Crippen molar-refractivity contribution in [3.8, 4) is 0 Å². The van der Waals surface area contributed by atoms with Crippen LogP contribution in [0.3, 0.4) is 0 Å². The summed E-state index contributed by atoms with van der Waals surface area (Å²) < 4.78 is 0. The van der Waals surface area contributed by atoms with E-state index in [1.54, 1.807) is 0 Å². The van der Waals surface area contributed by atoms with Crippen LogP contribution >= 0.6 is 0 Å². The fourth-order valence-corrected chi connectivity index (χ4v) is 12.4. The summed E-state index contributed by atoms with van der Waals surface area (Å²) in [6.45, 7) is 0. The molecule has 0 N–H and O–H groups in total. The second-order valence-corrected chi connectivity index (χ2v) is 20.1. The molecule has 0 bridgehead atoms. The van der Waals surface area contributed by atoms with E-state index in [0.717, 1.165) is 51.4 Å². The van der Waals surface area contributed by atoms with Gasteiger partial charge in [0.25, 0.3) is 0 Å². The van der Waals surface area contributed by atoms with Crippen molar-refractivity contribution in [2.75, 3.05) is 9.80 Å². The molecule has 3 aromatic rings. The first kappa shape index (κ1) is 43.2. The maximum Gasteiger partial charge on any atom is 0.0583 e. The monoisotopic (exact) mass is 898 g/mol. The van der Waals surface area contributed by atoms with Gasteiger partial charge in [-0.3, -0.25) is 0 Å². The maximum absolute atomic E-state index is 2.69. The summed E-state index contributed by atoms with van der Waals surface area (Å²) in [5.74, 6) is 2.68. The van der Waals surface area contributed by atoms with E-state index in [1.807, 2.05) is 0 Å². The van der Waals surface area contributed by atoms with Gasteiger partial charge in [-0.25, -0.2) is 0 Å². The van der Waals surface area contributed by atoms with Crippen molar-refractivity contribution in [3.05, 3.63) is 288 Å². The van der Waals surface area contributed by atoms with Crippen molar-refractivity contribution < 1.29 is 0 Å². The predicted molar refractivity (Wildman–Crippen MR) is 289 cm³/mol. The molecule has 3 nitrogen and oxygen atoms in total. The predicted octanol–water partition coefficient (Wildman–Crippen LogP) is 15.9. The van der Waals surface area contributed by atoms with Gasteiger partial charge in [0.05, 0.1) is 12.1 Å². The lowest BCUT2D eigenvalue weighted by atomic mass is 9.82. The van der Waals surface area contributed by atoms with Crippen LogP contribution in [0.4, 0.5) is 11.4 Å². The van der Waals surface area contributed by atoms with Crippen molar-refractivity contribution in [1.29, 1.82) is 0 Å². The fraction of sp³-hybridized carbons (Fsp3) is 0.242. The molecule has 3 aromatic carbocycles. The first-order valence-corrected chi connectivity index (χ1v) is 25.8. The first-order valence-electron chi connectivity index (χ1n) is 25.8. The van der Waals surface area contributed by atoms with Crippen LogP contribution in [0.15, 0.2) is 276 Å². The molecular formula is C66H63N3. The minimum absolute atomic E-state index is 0.287. The molecule has 0 spiro atoms. The van der Waals surface area contributed by atoms with Gasteiger partial charge in [0.2, 0.25) is 0 Å². The van der Waals surface area contributed by atoms with E-state index in [4.69, 9.17) is 0 Å². The number of nitrogens with zero attached hydrogens (tertiary/aromatic N) is 3. The zero-order valence-electron chi connectivity index (χ0n) is 39.6. The Kier molecular flexibility index (Phi) is 12.2. The SMILES string of the molecule is C1=CCC(C2=CC=C(N(C3=CCC(c4ccccc4)C=C3)c3ccc(C4C=CC(N(C5=CCC(C6C=CC=CC6)C=C5)C5=CC=C6C7C=CC=CC7N(c7ccccc7)C6C5)=CC4)cc3)CC2)C=C1. The number of benzene rings is 3. The van der Waals surface area contributed by atoms with Gasteiger partial charge in [0.15, 0.2) is 0 Å². The number of hydrogen-bond acceptors (Lipinski definition) is 3. The van der Waals surface area contributed by atoms with E-state index in [2.05, 4.69) is 252 Å². The Hall–Kier alpha value is -7.10. The standard InChI is InChI=1S/C66H63N3/c1-5-15-48(16-6-1)51-25-35-57(36-26-51)67(58-37-27-52(28-38-58)49-17-7-2-8-18-49)59-39-31-54(32-40-59)55-33-43-61(44-34-55)68(60-41-29-53(30-42-60)50-19-9-3-10-20-50)62-45-46-64-63-23-13-14-24-65(63)69(66(64)47-62)56-21-11-4-12-22-56/h1-17,19,21-25,27,29,31-33,35-37,39-46,49-51,53,55,63,65-66H,18,20,26,28,30,34,38,47H2. The third-order valence-corrected chi connectivity index (χ3v) is 16.1. The van der Waals surface area contributed by atoms with E-state index in [-0.39, 0.29) is 6.04 Å². The molecular weight excluding hydrogens is 835 g/mol. The highest BCUT2D eigenvalue weighted by molar-refractivity contribution is 5.64. The topological polar surface area (TPSA) is 9.72 Å². The number of anilines is 2. The molecule has 1 aliphatic heterocycles. The molecule has 0 aromatic heterocycles. The van der Waals surface area contributed by atoms with Gasteiger partial charge in [-0.2, -0.15) is 0 Å². The van der Waals surface area contributed by atoms with Gasteiger partial charge in [0.1, 0.15) is 0 Å². The van der Waals surface area contributed by atoms with Gasteiger partial charge in [-0.05, 0) is 128 Å². The molecule has 1 heterocycles. The fourth-order valence-electron chi connectivity index (χ4n) is 12.4. The lowest BCUT2D eigenvalue weighted by Crippen LogP contribution is -2.39. The molecule has 0 amide bonds. The summed E-state index contributed by atoms with van der Waals surface area (Å²) in [4.78, 5) is 7.80. The molecule has 1 fully saturated rings. The van der Waals surface area contributed by atoms with Crippen LogP contribution in [0.25, 0.3) is 0 Å². The Morgan fingerprint density at radius 1 is 0.449 bits per heavy atom. The second-order valence-electron chi connectivity index (χ2n) is 20.1. The average Bonchev–Trinajstić information content (AvgIpc) is 3.77. The van der Waals surface area contributed by atoms with Crippen molar-refractivity contribution in [2.24, 2.45) is 23.7 Å². The first-order chi connectivity index (χ1) is 34.2. The van der Waals surface area contributed by atoms with Gasteiger partial charge >= 0.3 is 0 Å². The minimum Gasteiger partial charge on any atom is -0.357 e. The Morgan fingerprint density at radius 2 is 1.09 bits per heavy atom. The molecule has 8 unspecified atom stereocenters. The molecule has 0 radical (unpaired) electrons. The molecule has 69 heavy (non-hydrogen) atoms. The lowest BCUT2D eigenvalue weighted by Gasteiger charge is -2.38. The molecule has 8 atom stereocenters. The zero-order valence-corrected chi connectivity index (χ0v) is 39.6. The lowest BCUT2D eigenvalue weighted by molar-refractivity contribution is 0.454. The van der Waals surface area contributed by atoms with Gasteiger partial charge < -0.3 is 14.7 Å². The summed E-state index contributed by atoms with van der Waals surface area (Å²) in [6, 6.07) is 32.1. The highest BCUT2D eigenvalue weighted by Gasteiger charge is 2.45. The van der Waals surface area contributed by atoms with Crippen LogP contribution in [-0.2, 0) is 0 Å². The maximum atomic E-state index is 2.69. The summed E-state index contributed by atoms with van der Waals surface area (Å²) in [7, 11) is 0. The van der Waals surface area contributed by atoms with E-state index < -0.39 is 0 Å². The van der Waals surface area contributed by atoms with Gasteiger partial charge in [-0.15, -0.1) is 0 Å². The summed E-state index contributed by atoms with van der Waals surface area (Å²) in [6.07, 6.45) is 67.5. The highest BCUT2D eigenvalue weighted by Crippen LogP contribution is 2.47. The Labute approximate surface area is 410 Å². The van der Waals surface area contributed by atoms with Crippen LogP contribution in [0.1, 0.15) is 74.3 Å². The summed E-state index contributed by atoms with van der Waals surface area (Å²) in [5, 5.41) is 0. The molecule has 342 valence electrons. The molecule has 0 saturated carbocycles. The zero-order chi connectivity index (χ0) is 45.9. The van der Waals surface area contributed by atoms with Crippen molar-refractivity contribution >= 4 is 11.4 Å². The third-order valence-electron chi connectivity index (χ3n) is 16.1. The smallest absolute Gasteiger partial charge is 0.0583 e. The van der Waals surface area contributed by atoms with Crippen molar-refractivity contribution in [1.82, 2.24) is 4.90 Å². The third kappa shape index (κ3) is 8.81. The van der Waals surface area contributed by atoms with Crippen molar-refractivity contribution in [2.45, 2.75) is 75.3 Å². The molecule has 12 rings (SSSR count). The minimum atomic E-state index is 0.287. The van der Waals surface area contributed by atoms with Crippen LogP contribution in [0.5, 0.6) is 0 Å². The Morgan fingerprint density at radius 3 is 1.74 bits per heavy atom. The normalized spacial score (nSPS) is 28.5.